The molecule has 6 heteroatoms. The Balaban J connectivity index is 3.26. The van der Waals surface area contributed by atoms with Gasteiger partial charge in [0.2, 0.25) is 10.0 Å². The minimum absolute atomic E-state index is 0.155. The van der Waals surface area contributed by atoms with Crippen molar-refractivity contribution in [2.24, 2.45) is 0 Å². The Labute approximate surface area is 113 Å². The zero-order valence-electron chi connectivity index (χ0n) is 10.5. The van der Waals surface area contributed by atoms with Crippen LogP contribution < -0.4 is 0 Å². The molecule has 0 aromatic heterocycles. The van der Waals surface area contributed by atoms with Gasteiger partial charge in [-0.3, -0.25) is 0 Å². The van der Waals surface area contributed by atoms with E-state index in [4.69, 9.17) is 11.6 Å². The van der Waals surface area contributed by atoms with Crippen molar-refractivity contribution in [3.05, 3.63) is 29.6 Å². The smallest absolute Gasteiger partial charge is 0.207 e. The average Bonchev–Trinajstić information content (AvgIpc) is 2.36. The van der Waals surface area contributed by atoms with Crippen LogP contribution in [0.5, 0.6) is 0 Å². The minimum Gasteiger partial charge on any atom is -0.207 e. The molecule has 0 N–H and O–H groups in total. The van der Waals surface area contributed by atoms with Gasteiger partial charge in [-0.25, -0.2) is 12.8 Å². The highest BCUT2D eigenvalue weighted by Gasteiger charge is 2.25. The predicted octanol–water partition coefficient (Wildman–Crippen LogP) is 2.99. The first-order valence-corrected chi connectivity index (χ1v) is 7.79. The van der Waals surface area contributed by atoms with Gasteiger partial charge in [0.15, 0.2) is 0 Å². The Morgan fingerprint density at radius 3 is 2.50 bits per heavy atom. The number of hydrogen-bond acceptors (Lipinski definition) is 2. The van der Waals surface area contributed by atoms with Crippen LogP contribution >= 0.6 is 11.6 Å². The van der Waals surface area contributed by atoms with Crippen LogP contribution in [0, 0.1) is 5.82 Å². The molecule has 0 aliphatic carbocycles. The summed E-state index contributed by atoms with van der Waals surface area (Å²) in [5, 5.41) is 0. The monoisotopic (exact) mass is 293 g/mol. The molecule has 1 aromatic carbocycles. The van der Waals surface area contributed by atoms with Crippen LogP contribution in [0.15, 0.2) is 23.1 Å². The fourth-order valence-electron chi connectivity index (χ4n) is 1.67. The maximum absolute atomic E-state index is 13.7. The van der Waals surface area contributed by atoms with Gasteiger partial charge < -0.3 is 0 Å². The van der Waals surface area contributed by atoms with Gasteiger partial charge in [-0.1, -0.05) is 19.9 Å². The van der Waals surface area contributed by atoms with Gasteiger partial charge in [0.25, 0.3) is 0 Å². The normalized spacial score (nSPS) is 12.1. The molecule has 0 atom stereocenters. The molecular weight excluding hydrogens is 277 g/mol. The van der Waals surface area contributed by atoms with E-state index >= 15 is 0 Å². The van der Waals surface area contributed by atoms with Gasteiger partial charge in [0.05, 0.1) is 0 Å². The highest BCUT2D eigenvalue weighted by Crippen LogP contribution is 2.21. The van der Waals surface area contributed by atoms with Crippen molar-refractivity contribution in [3.63, 3.8) is 0 Å². The largest absolute Gasteiger partial charge is 0.245 e. The first-order chi connectivity index (χ1) is 8.47. The van der Waals surface area contributed by atoms with Gasteiger partial charge in [-0.05, 0) is 24.1 Å². The number of benzene rings is 1. The topological polar surface area (TPSA) is 37.4 Å². The summed E-state index contributed by atoms with van der Waals surface area (Å²) in [4.78, 5) is -0.295. The molecule has 0 fully saturated rings. The maximum Gasteiger partial charge on any atom is 0.245 e. The van der Waals surface area contributed by atoms with E-state index in [0.717, 1.165) is 6.07 Å². The third kappa shape index (κ3) is 3.22. The molecule has 0 bridgehead atoms. The third-order valence-corrected chi connectivity index (χ3v) is 4.89. The molecule has 0 saturated carbocycles. The summed E-state index contributed by atoms with van der Waals surface area (Å²) in [6.45, 7) is 4.31. The molecule has 0 saturated heterocycles. The Bertz CT molecular complexity index is 505. The van der Waals surface area contributed by atoms with E-state index in [-0.39, 0.29) is 10.8 Å². The van der Waals surface area contributed by atoms with E-state index in [9.17, 15) is 12.8 Å². The second-order valence-corrected chi connectivity index (χ2v) is 6.07. The highest BCUT2D eigenvalue weighted by molar-refractivity contribution is 7.89. The van der Waals surface area contributed by atoms with E-state index in [2.05, 4.69) is 0 Å². The van der Waals surface area contributed by atoms with E-state index in [1.165, 1.54) is 16.4 Å². The lowest BCUT2D eigenvalue weighted by Crippen LogP contribution is -2.32. The summed E-state index contributed by atoms with van der Waals surface area (Å²) < 4.78 is 39.5. The molecule has 102 valence electrons. The average molecular weight is 294 g/mol. The number of rotatable bonds is 6. The molecule has 0 spiro atoms. The quantitative estimate of drug-likeness (QED) is 0.756. The predicted molar refractivity (Wildman–Crippen MR) is 70.7 cm³/mol. The van der Waals surface area contributed by atoms with Gasteiger partial charge in [-0.2, -0.15) is 4.31 Å². The lowest BCUT2D eigenvalue weighted by molar-refractivity contribution is 0.423. The van der Waals surface area contributed by atoms with E-state index in [0.29, 0.717) is 25.1 Å². The van der Waals surface area contributed by atoms with Crippen molar-refractivity contribution >= 4 is 21.6 Å². The molecule has 3 nitrogen and oxygen atoms in total. The zero-order chi connectivity index (χ0) is 13.8. The summed E-state index contributed by atoms with van der Waals surface area (Å²) in [6, 6.07) is 3.93. The molecule has 0 amide bonds. The number of nitrogens with zero attached hydrogens (tertiary/aromatic N) is 1. The first-order valence-electron chi connectivity index (χ1n) is 5.81. The van der Waals surface area contributed by atoms with Crippen LogP contribution in [-0.2, 0) is 15.9 Å². The lowest BCUT2D eigenvalue weighted by Gasteiger charge is -2.20. The molecule has 1 aromatic rings. The van der Waals surface area contributed by atoms with Crippen LogP contribution in [0.1, 0.15) is 25.8 Å². The summed E-state index contributed by atoms with van der Waals surface area (Å²) in [5.41, 5.74) is 0.587. The lowest BCUT2D eigenvalue weighted by atomic mass is 10.2. The molecular formula is C12H17ClFNO2S. The number of halogens is 2. The SMILES string of the molecule is CCCN(CC)S(=O)(=O)c1cc(CCl)ccc1F. The van der Waals surface area contributed by atoms with Crippen molar-refractivity contribution in [1.29, 1.82) is 0 Å². The number of sulfonamides is 1. The molecule has 0 aliphatic heterocycles. The highest BCUT2D eigenvalue weighted by atomic mass is 35.5. The van der Waals surface area contributed by atoms with Crippen molar-refractivity contribution in [3.8, 4) is 0 Å². The minimum atomic E-state index is -3.78. The second kappa shape index (κ2) is 6.50. The Hall–Kier alpha value is -0.650. The Kier molecular flexibility index (Phi) is 5.56. The van der Waals surface area contributed by atoms with Crippen molar-refractivity contribution in [2.45, 2.75) is 31.0 Å². The van der Waals surface area contributed by atoms with E-state index in [1.807, 2.05) is 6.92 Å². The number of hydrogen-bond donors (Lipinski definition) is 0. The van der Waals surface area contributed by atoms with Crippen LogP contribution in [0.4, 0.5) is 4.39 Å². The molecule has 1 rings (SSSR count). The maximum atomic E-state index is 13.7. The molecule has 18 heavy (non-hydrogen) atoms. The molecule has 0 radical (unpaired) electrons. The van der Waals surface area contributed by atoms with E-state index in [1.54, 1.807) is 6.92 Å². The fourth-order valence-corrected chi connectivity index (χ4v) is 3.49. The van der Waals surface area contributed by atoms with Crippen molar-refractivity contribution < 1.29 is 12.8 Å². The Morgan fingerprint density at radius 2 is 2.00 bits per heavy atom. The van der Waals surface area contributed by atoms with Crippen molar-refractivity contribution in [1.82, 2.24) is 4.31 Å². The van der Waals surface area contributed by atoms with Crippen LogP contribution in [-0.4, -0.2) is 25.8 Å². The third-order valence-electron chi connectivity index (χ3n) is 2.59. The number of alkyl halides is 1. The Morgan fingerprint density at radius 1 is 1.33 bits per heavy atom. The van der Waals surface area contributed by atoms with Crippen molar-refractivity contribution in [2.75, 3.05) is 13.1 Å². The fraction of sp³-hybridized carbons (Fsp3) is 0.500. The standard InChI is InChI=1S/C12H17ClFNO2S/c1-3-7-15(4-2)18(16,17)12-8-10(9-13)5-6-11(12)14/h5-6,8H,3-4,7,9H2,1-2H3. The molecule has 0 unspecified atom stereocenters. The van der Waals surface area contributed by atoms with Crippen LogP contribution in [0.3, 0.4) is 0 Å². The van der Waals surface area contributed by atoms with E-state index < -0.39 is 15.8 Å². The van der Waals surface area contributed by atoms with Gasteiger partial charge in [-0.15, -0.1) is 11.6 Å². The van der Waals surface area contributed by atoms with Gasteiger partial charge >= 0.3 is 0 Å². The zero-order valence-corrected chi connectivity index (χ0v) is 12.1. The molecule has 0 aliphatic rings. The second-order valence-electron chi connectivity index (χ2n) is 3.90. The summed E-state index contributed by atoms with van der Waals surface area (Å²) in [5.74, 6) is -0.582. The van der Waals surface area contributed by atoms with Gasteiger partial charge in [0, 0.05) is 19.0 Å². The summed E-state index contributed by atoms with van der Waals surface area (Å²) in [7, 11) is -3.78. The first kappa shape index (κ1) is 15.4. The van der Waals surface area contributed by atoms with Gasteiger partial charge in [0.1, 0.15) is 10.7 Å². The van der Waals surface area contributed by atoms with Crippen LogP contribution in [0.2, 0.25) is 0 Å². The summed E-state index contributed by atoms with van der Waals surface area (Å²) >= 11 is 5.65. The summed E-state index contributed by atoms with van der Waals surface area (Å²) in [6.07, 6.45) is 0.684. The molecule has 0 heterocycles. The van der Waals surface area contributed by atoms with Crippen LogP contribution in [0.25, 0.3) is 0 Å².